The lowest BCUT2D eigenvalue weighted by atomic mass is 9.36. The van der Waals surface area contributed by atoms with Gasteiger partial charge in [-0.2, -0.15) is 0 Å². The van der Waals surface area contributed by atoms with Gasteiger partial charge in [-0.25, -0.2) is 0 Å². The van der Waals surface area contributed by atoms with E-state index in [2.05, 4.69) is 34.3 Å². The minimum absolute atomic E-state index is 0.0749. The third-order valence-corrected chi connectivity index (χ3v) is 11.0. The van der Waals surface area contributed by atoms with Crippen molar-refractivity contribution in [1.82, 2.24) is 0 Å². The van der Waals surface area contributed by atoms with E-state index in [9.17, 15) is 9.90 Å². The van der Waals surface area contributed by atoms with Crippen molar-refractivity contribution in [2.75, 3.05) is 13.2 Å². The summed E-state index contributed by atoms with van der Waals surface area (Å²) in [6, 6.07) is 0. The molecule has 3 saturated carbocycles. The Morgan fingerprint density at radius 1 is 1.22 bits per heavy atom. The molecule has 1 N–H and O–H groups in total. The highest BCUT2D eigenvalue weighted by molar-refractivity contribution is 6.05. The van der Waals surface area contributed by atoms with Crippen LogP contribution in [0, 0.1) is 40.9 Å². The summed E-state index contributed by atoms with van der Waals surface area (Å²) in [5.41, 5.74) is -0.251. The second kappa shape index (κ2) is 7.42. The molecule has 0 radical (unpaired) electrons. The zero-order chi connectivity index (χ0) is 26.2. The summed E-state index contributed by atoms with van der Waals surface area (Å²) < 4.78 is 32.7. The van der Waals surface area contributed by atoms with Crippen LogP contribution in [0.1, 0.15) is 72.6 Å². The fourth-order valence-electron chi connectivity index (χ4n) is 10.0. The van der Waals surface area contributed by atoms with Gasteiger partial charge in [-0.15, -0.1) is 0 Å². The fraction of sp³-hybridized carbons (Fsp3) is 0.800. The van der Waals surface area contributed by atoms with E-state index < -0.39 is 34.6 Å². The zero-order valence-electron chi connectivity index (χ0n) is 22.6. The Bertz CT molecular complexity index is 1090. The maximum absolute atomic E-state index is 14.4. The summed E-state index contributed by atoms with van der Waals surface area (Å²) in [5.74, 6) is -2.45. The molecule has 7 nitrogen and oxygen atoms in total. The topological polar surface area (TPSA) is 83.5 Å². The number of ether oxygens (including phenoxy) is 5. The Labute approximate surface area is 219 Å². The van der Waals surface area contributed by atoms with Crippen molar-refractivity contribution in [2.45, 2.75) is 103 Å². The van der Waals surface area contributed by atoms with E-state index in [-0.39, 0.29) is 35.2 Å². The summed E-state index contributed by atoms with van der Waals surface area (Å²) in [6.07, 6.45) is 4.32. The molecule has 6 fully saturated rings. The van der Waals surface area contributed by atoms with Crippen LogP contribution in [-0.2, 0) is 28.5 Å². The third-order valence-electron chi connectivity index (χ3n) is 11.0. The molecule has 0 aromatic heterocycles. The monoisotopic (exact) mass is 513 g/mol. The molecule has 4 bridgehead atoms. The van der Waals surface area contributed by atoms with Gasteiger partial charge in [0.1, 0.15) is 24.2 Å². The molecule has 0 aromatic rings. The number of aliphatic hydroxyl groups is 1. The lowest BCUT2D eigenvalue weighted by Gasteiger charge is -2.76. The molecule has 4 aliphatic carbocycles. The Balaban J connectivity index is 1.43. The molecular weight excluding hydrogens is 472 g/mol. The Kier molecular flexibility index (Phi) is 4.94. The summed E-state index contributed by atoms with van der Waals surface area (Å²) in [7, 11) is 0. The molecule has 4 aliphatic heterocycles. The Morgan fingerprint density at radius 2 is 2.00 bits per heavy atom. The molecule has 0 amide bonds. The number of hydrogen-bond acceptors (Lipinski definition) is 7. The maximum Gasteiger partial charge on any atom is 0.314 e. The molecule has 37 heavy (non-hydrogen) atoms. The van der Waals surface area contributed by atoms with Crippen molar-refractivity contribution < 1.29 is 33.6 Å². The molecule has 2 unspecified atom stereocenters. The first-order valence-electron chi connectivity index (χ1n) is 14.3. The van der Waals surface area contributed by atoms with Gasteiger partial charge in [0, 0.05) is 25.2 Å². The summed E-state index contributed by atoms with van der Waals surface area (Å²) in [5, 5.41) is 12.4. The number of fused-ring (bicyclic) bond motifs is 1. The van der Waals surface area contributed by atoms with Crippen molar-refractivity contribution in [2.24, 2.45) is 34.0 Å². The minimum atomic E-state index is -1.53. The van der Waals surface area contributed by atoms with Crippen LogP contribution in [0.3, 0.4) is 0 Å². The fourth-order valence-corrected chi connectivity index (χ4v) is 10.0. The molecule has 8 rings (SSSR count). The maximum atomic E-state index is 14.4. The molecule has 4 heterocycles. The number of aliphatic hydroxyl groups excluding tert-OH is 1. The number of carbonyl (C=O) groups excluding carboxylic acids is 1. The van der Waals surface area contributed by atoms with Gasteiger partial charge >= 0.3 is 5.79 Å². The van der Waals surface area contributed by atoms with Crippen LogP contribution < -0.4 is 0 Å². The van der Waals surface area contributed by atoms with Gasteiger partial charge in [-0.3, -0.25) is 9.53 Å². The summed E-state index contributed by atoms with van der Waals surface area (Å²) in [6.45, 7) is 17.8. The second-order valence-electron chi connectivity index (χ2n) is 13.6. The van der Waals surface area contributed by atoms with Crippen molar-refractivity contribution >= 4 is 5.78 Å². The molecule has 202 valence electrons. The molecule has 3 spiro atoms. The average molecular weight is 514 g/mol. The van der Waals surface area contributed by atoms with Crippen LogP contribution in [0.2, 0.25) is 0 Å². The first-order chi connectivity index (χ1) is 17.5. The van der Waals surface area contributed by atoms with E-state index >= 15 is 0 Å². The number of hydrogen-bond donors (Lipinski definition) is 1. The Hall–Kier alpha value is -1.38. The lowest BCUT2D eigenvalue weighted by molar-refractivity contribution is -0.522. The van der Waals surface area contributed by atoms with Gasteiger partial charge < -0.3 is 24.1 Å². The van der Waals surface area contributed by atoms with Gasteiger partial charge in [0.15, 0.2) is 12.1 Å². The van der Waals surface area contributed by atoms with Gasteiger partial charge in [-0.1, -0.05) is 33.8 Å². The van der Waals surface area contributed by atoms with E-state index in [1.165, 1.54) is 5.57 Å². The smallest absolute Gasteiger partial charge is 0.314 e. The number of carbonyl (C=O) groups is 1. The highest BCUT2D eigenvalue weighted by Crippen LogP contribution is 2.80. The summed E-state index contributed by atoms with van der Waals surface area (Å²) >= 11 is 0. The highest BCUT2D eigenvalue weighted by Gasteiger charge is 2.90. The van der Waals surface area contributed by atoms with Crippen molar-refractivity contribution in [3.8, 4) is 0 Å². The van der Waals surface area contributed by atoms with Crippen LogP contribution >= 0.6 is 0 Å². The normalized spacial score (nSPS) is 52.9. The van der Waals surface area contributed by atoms with Crippen LogP contribution in [0.5, 0.6) is 0 Å². The zero-order valence-corrected chi connectivity index (χ0v) is 22.6. The molecule has 7 heteroatoms. The summed E-state index contributed by atoms with van der Waals surface area (Å²) in [4.78, 5) is 14.4. The number of unbranched alkanes of at least 4 members (excludes halogenated alkanes) is 1. The molecular formula is C30H41O7+. The first-order valence-corrected chi connectivity index (χ1v) is 14.3. The van der Waals surface area contributed by atoms with Crippen LogP contribution in [-0.4, -0.2) is 54.2 Å². The van der Waals surface area contributed by atoms with E-state index in [1.54, 1.807) is 6.92 Å². The molecule has 8 aliphatic rings. The molecule has 3 saturated heterocycles. The number of allylic oxidation sites excluding steroid dienone is 1. The van der Waals surface area contributed by atoms with E-state index in [1.807, 2.05) is 0 Å². The predicted octanol–water partition coefficient (Wildman–Crippen LogP) is 4.44. The van der Waals surface area contributed by atoms with Gasteiger partial charge in [0.2, 0.25) is 5.79 Å². The van der Waals surface area contributed by atoms with Crippen LogP contribution in [0.15, 0.2) is 23.5 Å². The van der Waals surface area contributed by atoms with Gasteiger partial charge in [-0.05, 0) is 54.6 Å². The first kappa shape index (κ1) is 24.6. The highest BCUT2D eigenvalue weighted by atomic mass is 16.8. The van der Waals surface area contributed by atoms with Crippen molar-refractivity contribution in [3.05, 3.63) is 30.4 Å². The minimum Gasteiger partial charge on any atom is -0.469 e. The largest absolute Gasteiger partial charge is 0.469 e. The van der Waals surface area contributed by atoms with E-state index in [0.29, 0.717) is 18.8 Å². The van der Waals surface area contributed by atoms with E-state index in [4.69, 9.17) is 23.7 Å². The standard InChI is InChI=1S/C30H41O7/c1-7-8-13-33-20-12-9-17-14-26(3,4)21-23(32)30-29-19(28(21,15-34-30)24(17)35-20)11-10-18(16(2)22(29)31)25(29)36-27(5,6)37-30/h18-21,23,25,32H,2,5,7-15H2,1,3-4,6H3/q+1/t18-,19-,20-,21+,23-,25+,27?,28-,29-,30?/m0/s1. The SMILES string of the molecule is C=C1C(=O)[C@@]23[C@@H]4OC([CH2+])(C)OC25OC[C@]2(C6=C(CC[C@@H](OCCCC)O6)CC(C)(C)[C@H]2[C@@H]5O)[C@@H]3CC[C@@H]14. The van der Waals surface area contributed by atoms with Gasteiger partial charge in [0.05, 0.1) is 24.7 Å². The third kappa shape index (κ3) is 2.66. The number of ketones is 1. The quantitative estimate of drug-likeness (QED) is 0.338. The molecule has 10 atom stereocenters. The average Bonchev–Trinajstić information content (AvgIpc) is 2.94. The van der Waals surface area contributed by atoms with Gasteiger partial charge in [0.25, 0.3) is 0 Å². The van der Waals surface area contributed by atoms with Crippen LogP contribution in [0.25, 0.3) is 0 Å². The number of Topliss-reactive ketones (excluding diaryl/α,β-unsaturated/α-hetero) is 1. The van der Waals surface area contributed by atoms with Crippen molar-refractivity contribution in [1.29, 1.82) is 0 Å². The van der Waals surface area contributed by atoms with Crippen molar-refractivity contribution in [3.63, 3.8) is 0 Å². The predicted molar refractivity (Wildman–Crippen MR) is 134 cm³/mol. The second-order valence-corrected chi connectivity index (χ2v) is 13.6. The van der Waals surface area contributed by atoms with E-state index in [0.717, 1.165) is 50.7 Å². The number of rotatable bonds is 4. The van der Waals surface area contributed by atoms with Crippen LogP contribution in [0.4, 0.5) is 0 Å². The lowest BCUT2D eigenvalue weighted by Crippen LogP contribution is -2.87. The Morgan fingerprint density at radius 3 is 2.76 bits per heavy atom. The molecule has 0 aromatic carbocycles.